The third-order valence-electron chi connectivity index (χ3n) is 3.18. The summed E-state index contributed by atoms with van der Waals surface area (Å²) in [6, 6.07) is 8.29. The Morgan fingerprint density at radius 1 is 1.38 bits per heavy atom. The highest BCUT2D eigenvalue weighted by Crippen LogP contribution is 2.26. The normalized spacial score (nSPS) is 20.9. The predicted molar refractivity (Wildman–Crippen MR) is 70.3 cm³/mol. The minimum atomic E-state index is 0.604. The molecule has 1 aromatic carbocycles. The number of imidazole rings is 1. The zero-order valence-electron chi connectivity index (χ0n) is 9.23. The molecule has 0 saturated carbocycles. The average Bonchev–Trinajstić information content (AvgIpc) is 2.84. The van der Waals surface area contributed by atoms with Crippen LogP contribution in [0.4, 0.5) is 5.95 Å². The van der Waals surface area contributed by atoms with E-state index in [1.165, 1.54) is 11.9 Å². The Morgan fingerprint density at radius 3 is 2.88 bits per heavy atom. The largest absolute Gasteiger partial charge is 0.341 e. The van der Waals surface area contributed by atoms with Crippen molar-refractivity contribution in [2.24, 2.45) is 7.05 Å². The first-order chi connectivity index (χ1) is 7.75. The summed E-state index contributed by atoms with van der Waals surface area (Å²) >= 11 is 3.67. The lowest BCUT2D eigenvalue weighted by atomic mass is 10.3. The van der Waals surface area contributed by atoms with Crippen molar-refractivity contribution in [3.05, 3.63) is 24.3 Å². The molecule has 1 atom stereocenters. The van der Waals surface area contributed by atoms with Crippen molar-refractivity contribution in [2.45, 2.75) is 11.2 Å². The van der Waals surface area contributed by atoms with E-state index in [1.807, 2.05) is 6.07 Å². The number of para-hydroxylation sites is 2. The number of alkyl halides is 1. The van der Waals surface area contributed by atoms with Gasteiger partial charge in [-0.1, -0.05) is 28.1 Å². The Bertz CT molecular complexity index is 520. The minimum absolute atomic E-state index is 0.604. The molecule has 1 aromatic heterocycles. The first-order valence-electron chi connectivity index (χ1n) is 5.56. The van der Waals surface area contributed by atoms with Gasteiger partial charge in [0.05, 0.1) is 11.0 Å². The summed E-state index contributed by atoms with van der Waals surface area (Å²) in [6.07, 6.45) is 1.20. The number of rotatable bonds is 1. The number of aryl methyl sites for hydroxylation is 1. The van der Waals surface area contributed by atoms with Crippen molar-refractivity contribution >= 4 is 32.9 Å². The fourth-order valence-corrected chi connectivity index (χ4v) is 2.87. The summed E-state index contributed by atoms with van der Waals surface area (Å²) in [7, 11) is 2.09. The summed E-state index contributed by atoms with van der Waals surface area (Å²) in [6.45, 7) is 2.14. The molecule has 1 saturated heterocycles. The van der Waals surface area contributed by atoms with E-state index in [0.717, 1.165) is 24.6 Å². The maximum atomic E-state index is 4.70. The van der Waals surface area contributed by atoms with Crippen molar-refractivity contribution in [1.82, 2.24) is 9.55 Å². The SMILES string of the molecule is Cn1c(N2CCC(Br)C2)nc2ccccc21. The van der Waals surface area contributed by atoms with Crippen molar-refractivity contribution in [1.29, 1.82) is 0 Å². The number of aromatic nitrogens is 2. The smallest absolute Gasteiger partial charge is 0.206 e. The first-order valence-corrected chi connectivity index (χ1v) is 6.48. The second-order valence-electron chi connectivity index (χ2n) is 4.29. The summed E-state index contributed by atoms with van der Waals surface area (Å²) < 4.78 is 2.18. The Balaban J connectivity index is 2.07. The van der Waals surface area contributed by atoms with Gasteiger partial charge in [0.1, 0.15) is 0 Å². The monoisotopic (exact) mass is 279 g/mol. The Labute approximate surface area is 103 Å². The molecule has 1 unspecified atom stereocenters. The van der Waals surface area contributed by atoms with Crippen LogP contribution in [-0.2, 0) is 7.05 Å². The first kappa shape index (κ1) is 10.1. The Morgan fingerprint density at radius 2 is 2.19 bits per heavy atom. The van der Waals surface area contributed by atoms with Gasteiger partial charge in [-0.15, -0.1) is 0 Å². The van der Waals surface area contributed by atoms with Crippen molar-refractivity contribution in [3.63, 3.8) is 0 Å². The van der Waals surface area contributed by atoms with Crippen molar-refractivity contribution in [3.8, 4) is 0 Å². The summed E-state index contributed by atoms with van der Waals surface area (Å²) in [5.41, 5.74) is 2.29. The van der Waals surface area contributed by atoms with Crippen molar-refractivity contribution in [2.75, 3.05) is 18.0 Å². The predicted octanol–water partition coefficient (Wildman–Crippen LogP) is 2.55. The molecule has 0 spiro atoms. The lowest BCUT2D eigenvalue weighted by Crippen LogP contribution is -2.22. The van der Waals surface area contributed by atoms with E-state index < -0.39 is 0 Å². The van der Waals surface area contributed by atoms with Gasteiger partial charge in [0.15, 0.2) is 0 Å². The highest BCUT2D eigenvalue weighted by Gasteiger charge is 2.23. The lowest BCUT2D eigenvalue weighted by Gasteiger charge is -2.16. The van der Waals surface area contributed by atoms with Crippen LogP contribution in [-0.4, -0.2) is 27.5 Å². The molecule has 0 radical (unpaired) electrons. The zero-order chi connectivity index (χ0) is 11.1. The molecular formula is C12H14BrN3. The minimum Gasteiger partial charge on any atom is -0.341 e. The molecule has 3 nitrogen and oxygen atoms in total. The van der Waals surface area contributed by atoms with Gasteiger partial charge in [-0.3, -0.25) is 0 Å². The lowest BCUT2D eigenvalue weighted by molar-refractivity contribution is 0.838. The number of fused-ring (bicyclic) bond motifs is 1. The third kappa shape index (κ3) is 1.52. The van der Waals surface area contributed by atoms with Gasteiger partial charge >= 0.3 is 0 Å². The van der Waals surface area contributed by atoms with Crippen LogP contribution in [0.5, 0.6) is 0 Å². The third-order valence-corrected chi connectivity index (χ3v) is 3.92. The number of hydrogen-bond acceptors (Lipinski definition) is 2. The van der Waals surface area contributed by atoms with E-state index in [1.54, 1.807) is 0 Å². The maximum absolute atomic E-state index is 4.70. The van der Waals surface area contributed by atoms with Crippen LogP contribution < -0.4 is 4.90 Å². The Kier molecular flexibility index (Phi) is 2.39. The number of halogens is 1. The van der Waals surface area contributed by atoms with Crippen LogP contribution in [0.3, 0.4) is 0 Å². The molecule has 1 fully saturated rings. The number of hydrogen-bond donors (Lipinski definition) is 0. The van der Waals surface area contributed by atoms with Crippen LogP contribution in [0.1, 0.15) is 6.42 Å². The fourth-order valence-electron chi connectivity index (χ4n) is 2.31. The molecule has 3 rings (SSSR count). The van der Waals surface area contributed by atoms with Crippen molar-refractivity contribution < 1.29 is 0 Å². The average molecular weight is 280 g/mol. The van der Waals surface area contributed by atoms with E-state index in [0.29, 0.717) is 4.83 Å². The van der Waals surface area contributed by atoms with Gasteiger partial charge in [-0.05, 0) is 18.6 Å². The summed E-state index contributed by atoms with van der Waals surface area (Å²) in [5, 5.41) is 0. The van der Waals surface area contributed by atoms with Gasteiger partial charge in [0.25, 0.3) is 0 Å². The van der Waals surface area contributed by atoms with E-state index in [4.69, 9.17) is 4.98 Å². The molecule has 0 N–H and O–H groups in total. The number of anilines is 1. The quantitative estimate of drug-likeness (QED) is 0.748. The van der Waals surface area contributed by atoms with E-state index in [2.05, 4.69) is 50.6 Å². The highest BCUT2D eigenvalue weighted by molar-refractivity contribution is 9.09. The van der Waals surface area contributed by atoms with Crippen LogP contribution in [0.15, 0.2) is 24.3 Å². The van der Waals surface area contributed by atoms with Gasteiger partial charge in [-0.2, -0.15) is 0 Å². The fraction of sp³-hybridized carbons (Fsp3) is 0.417. The van der Waals surface area contributed by atoms with E-state index in [9.17, 15) is 0 Å². The molecular weight excluding hydrogens is 266 g/mol. The van der Waals surface area contributed by atoms with Crippen LogP contribution >= 0.6 is 15.9 Å². The molecule has 16 heavy (non-hydrogen) atoms. The standard InChI is InChI=1S/C12H14BrN3/c1-15-11-5-3-2-4-10(11)14-12(15)16-7-6-9(13)8-16/h2-5,9H,6-8H2,1H3. The van der Waals surface area contributed by atoms with Crippen LogP contribution in [0, 0.1) is 0 Å². The van der Waals surface area contributed by atoms with E-state index in [-0.39, 0.29) is 0 Å². The van der Waals surface area contributed by atoms with Gasteiger partial charge < -0.3 is 9.47 Å². The molecule has 1 aliphatic heterocycles. The molecule has 0 amide bonds. The van der Waals surface area contributed by atoms with Gasteiger partial charge in [0, 0.05) is 25.0 Å². The van der Waals surface area contributed by atoms with Crippen LogP contribution in [0.2, 0.25) is 0 Å². The molecule has 2 heterocycles. The molecule has 4 heteroatoms. The summed E-state index contributed by atoms with van der Waals surface area (Å²) in [4.78, 5) is 7.65. The maximum Gasteiger partial charge on any atom is 0.206 e. The molecule has 1 aliphatic rings. The van der Waals surface area contributed by atoms with Gasteiger partial charge in [-0.25, -0.2) is 4.98 Å². The second-order valence-corrected chi connectivity index (χ2v) is 5.59. The molecule has 84 valence electrons. The Hall–Kier alpha value is -1.03. The van der Waals surface area contributed by atoms with E-state index >= 15 is 0 Å². The highest BCUT2D eigenvalue weighted by atomic mass is 79.9. The number of benzene rings is 1. The molecule has 2 aromatic rings. The van der Waals surface area contributed by atoms with Crippen LogP contribution in [0.25, 0.3) is 11.0 Å². The molecule has 0 aliphatic carbocycles. The zero-order valence-corrected chi connectivity index (χ0v) is 10.8. The summed E-state index contributed by atoms with van der Waals surface area (Å²) in [5.74, 6) is 1.09. The second kappa shape index (κ2) is 3.77. The van der Waals surface area contributed by atoms with Gasteiger partial charge in [0.2, 0.25) is 5.95 Å². The number of nitrogens with zero attached hydrogens (tertiary/aromatic N) is 3. The molecule has 0 bridgehead atoms. The topological polar surface area (TPSA) is 21.1 Å².